The average molecular weight is 225 g/mol. The Hall–Kier alpha value is -0.870. The molecule has 15 heavy (non-hydrogen) atoms. The molecule has 4 heteroatoms. The van der Waals surface area contributed by atoms with Crippen LogP contribution in [0.4, 0.5) is 5.69 Å². The van der Waals surface area contributed by atoms with Gasteiger partial charge in [0.05, 0.1) is 10.5 Å². The molecule has 0 radical (unpaired) electrons. The molecule has 3 nitrogen and oxygen atoms in total. The van der Waals surface area contributed by atoms with Crippen molar-refractivity contribution in [3.05, 3.63) is 16.3 Å². The minimum absolute atomic E-state index is 0.514. The maximum absolute atomic E-state index is 10.6. The summed E-state index contributed by atoms with van der Waals surface area (Å²) < 4.78 is 0. The molecule has 1 aromatic rings. The summed E-state index contributed by atoms with van der Waals surface area (Å²) in [4.78, 5) is 13.5. The summed E-state index contributed by atoms with van der Waals surface area (Å²) in [6.45, 7) is 3.61. The molecular formula is C11H15NO2S. The zero-order valence-electron chi connectivity index (χ0n) is 8.77. The SMILES string of the molecule is CC1(O)CCN(c2csc(C=O)c2)CC1. The van der Waals surface area contributed by atoms with E-state index in [1.165, 1.54) is 11.3 Å². The normalized spacial score (nSPS) is 20.3. The first-order valence-electron chi connectivity index (χ1n) is 5.12. The van der Waals surface area contributed by atoms with Crippen LogP contribution >= 0.6 is 11.3 Å². The number of piperidine rings is 1. The molecule has 0 spiro atoms. The van der Waals surface area contributed by atoms with Crippen LogP contribution in [0.1, 0.15) is 29.4 Å². The number of carbonyl (C=O) groups excluding carboxylic acids is 1. The van der Waals surface area contributed by atoms with Crippen molar-refractivity contribution < 1.29 is 9.90 Å². The highest BCUT2D eigenvalue weighted by Gasteiger charge is 2.27. The van der Waals surface area contributed by atoms with Crippen LogP contribution in [0, 0.1) is 0 Å². The second-order valence-corrected chi connectivity index (χ2v) is 5.25. The summed E-state index contributed by atoms with van der Waals surface area (Å²) in [5, 5.41) is 11.8. The molecule has 0 bridgehead atoms. The number of rotatable bonds is 2. The second kappa shape index (κ2) is 3.94. The molecule has 0 aliphatic carbocycles. The number of aldehydes is 1. The van der Waals surface area contributed by atoms with E-state index >= 15 is 0 Å². The highest BCUT2D eigenvalue weighted by molar-refractivity contribution is 7.12. The maximum Gasteiger partial charge on any atom is 0.160 e. The standard InChI is InChI=1S/C11H15NO2S/c1-11(14)2-4-12(5-3-11)9-6-10(7-13)15-8-9/h6-8,14H,2-5H2,1H3. The lowest BCUT2D eigenvalue weighted by Crippen LogP contribution is -2.42. The number of nitrogens with zero attached hydrogens (tertiary/aromatic N) is 1. The van der Waals surface area contributed by atoms with Crippen molar-refractivity contribution in [1.29, 1.82) is 0 Å². The van der Waals surface area contributed by atoms with Crippen LogP contribution < -0.4 is 4.90 Å². The molecule has 0 unspecified atom stereocenters. The van der Waals surface area contributed by atoms with Gasteiger partial charge >= 0.3 is 0 Å². The van der Waals surface area contributed by atoms with Gasteiger partial charge in [0.15, 0.2) is 6.29 Å². The quantitative estimate of drug-likeness (QED) is 0.782. The minimum atomic E-state index is -0.514. The van der Waals surface area contributed by atoms with E-state index < -0.39 is 5.60 Å². The van der Waals surface area contributed by atoms with E-state index in [2.05, 4.69) is 4.90 Å². The predicted octanol–water partition coefficient (Wildman–Crippen LogP) is 1.91. The third-order valence-corrected chi connectivity index (χ3v) is 3.77. The fraction of sp³-hybridized carbons (Fsp3) is 0.545. The Morgan fingerprint density at radius 1 is 1.53 bits per heavy atom. The van der Waals surface area contributed by atoms with E-state index in [1.54, 1.807) is 0 Å². The third kappa shape index (κ3) is 2.38. The molecule has 1 saturated heterocycles. The molecule has 1 aromatic heterocycles. The van der Waals surface area contributed by atoms with Gasteiger partial charge in [0.2, 0.25) is 0 Å². The molecule has 1 aliphatic heterocycles. The van der Waals surface area contributed by atoms with Gasteiger partial charge in [-0.1, -0.05) is 0 Å². The molecule has 2 heterocycles. The molecule has 1 N–H and O–H groups in total. The zero-order chi connectivity index (χ0) is 10.9. The van der Waals surface area contributed by atoms with E-state index in [1.807, 2.05) is 18.4 Å². The topological polar surface area (TPSA) is 40.5 Å². The first-order valence-corrected chi connectivity index (χ1v) is 6.00. The Morgan fingerprint density at radius 3 is 2.73 bits per heavy atom. The van der Waals surface area contributed by atoms with Gasteiger partial charge in [-0.05, 0) is 25.8 Å². The van der Waals surface area contributed by atoms with Gasteiger partial charge in [0.25, 0.3) is 0 Å². The van der Waals surface area contributed by atoms with Crippen LogP contribution in [0.3, 0.4) is 0 Å². The molecule has 82 valence electrons. The van der Waals surface area contributed by atoms with E-state index in [-0.39, 0.29) is 0 Å². The van der Waals surface area contributed by atoms with Gasteiger partial charge in [-0.2, -0.15) is 0 Å². The smallest absolute Gasteiger partial charge is 0.160 e. The zero-order valence-corrected chi connectivity index (χ0v) is 9.59. The van der Waals surface area contributed by atoms with E-state index in [0.717, 1.165) is 42.8 Å². The monoisotopic (exact) mass is 225 g/mol. The third-order valence-electron chi connectivity index (χ3n) is 2.93. The molecule has 0 atom stereocenters. The van der Waals surface area contributed by atoms with Crippen molar-refractivity contribution in [3.8, 4) is 0 Å². The van der Waals surface area contributed by atoms with Crippen molar-refractivity contribution in [1.82, 2.24) is 0 Å². The Balaban J connectivity index is 2.04. The van der Waals surface area contributed by atoms with Crippen LogP contribution in [0.15, 0.2) is 11.4 Å². The second-order valence-electron chi connectivity index (χ2n) is 4.31. The van der Waals surface area contributed by atoms with Crippen molar-refractivity contribution in [2.75, 3.05) is 18.0 Å². The van der Waals surface area contributed by atoms with E-state index in [4.69, 9.17) is 0 Å². The maximum atomic E-state index is 10.6. The van der Waals surface area contributed by atoms with Crippen LogP contribution in [-0.2, 0) is 0 Å². The summed E-state index contributed by atoms with van der Waals surface area (Å²) in [5.41, 5.74) is 0.595. The largest absolute Gasteiger partial charge is 0.390 e. The number of hydrogen-bond donors (Lipinski definition) is 1. The Labute approximate surface area is 93.3 Å². The lowest BCUT2D eigenvalue weighted by atomic mass is 9.94. The van der Waals surface area contributed by atoms with Crippen molar-refractivity contribution in [3.63, 3.8) is 0 Å². The van der Waals surface area contributed by atoms with Gasteiger partial charge in [-0.25, -0.2) is 0 Å². The highest BCUT2D eigenvalue weighted by atomic mass is 32.1. The molecule has 1 aliphatic rings. The van der Waals surface area contributed by atoms with Gasteiger partial charge in [-0.15, -0.1) is 11.3 Å². The van der Waals surface area contributed by atoms with Crippen LogP contribution in [-0.4, -0.2) is 30.1 Å². The predicted molar refractivity (Wildman–Crippen MR) is 61.8 cm³/mol. The van der Waals surface area contributed by atoms with Gasteiger partial charge in [0, 0.05) is 24.2 Å². The summed E-state index contributed by atoms with van der Waals surface area (Å²) >= 11 is 1.47. The fourth-order valence-electron chi connectivity index (χ4n) is 1.82. The summed E-state index contributed by atoms with van der Waals surface area (Å²) in [6.07, 6.45) is 2.47. The Morgan fingerprint density at radius 2 is 2.20 bits per heavy atom. The lowest BCUT2D eigenvalue weighted by Gasteiger charge is -2.36. The number of anilines is 1. The molecule has 2 rings (SSSR count). The molecule has 0 saturated carbocycles. The van der Waals surface area contributed by atoms with Crippen molar-refractivity contribution in [2.24, 2.45) is 0 Å². The van der Waals surface area contributed by atoms with Crippen molar-refractivity contribution >= 4 is 23.3 Å². The molecular weight excluding hydrogens is 210 g/mol. The summed E-state index contributed by atoms with van der Waals surface area (Å²) in [5.74, 6) is 0. The lowest BCUT2D eigenvalue weighted by molar-refractivity contribution is 0.0351. The number of aliphatic hydroxyl groups is 1. The van der Waals surface area contributed by atoms with Gasteiger partial charge in [0.1, 0.15) is 0 Å². The molecule has 1 fully saturated rings. The number of hydrogen-bond acceptors (Lipinski definition) is 4. The minimum Gasteiger partial charge on any atom is -0.390 e. The van der Waals surface area contributed by atoms with E-state index in [9.17, 15) is 9.90 Å². The first kappa shape index (κ1) is 10.6. The fourth-order valence-corrected chi connectivity index (χ4v) is 2.53. The van der Waals surface area contributed by atoms with Crippen molar-refractivity contribution in [2.45, 2.75) is 25.4 Å². The van der Waals surface area contributed by atoms with Crippen LogP contribution in [0.5, 0.6) is 0 Å². The molecule has 0 amide bonds. The Kier molecular flexibility index (Phi) is 2.80. The number of carbonyl (C=O) groups is 1. The average Bonchev–Trinajstić information content (AvgIpc) is 2.66. The van der Waals surface area contributed by atoms with Crippen LogP contribution in [0.25, 0.3) is 0 Å². The summed E-state index contributed by atoms with van der Waals surface area (Å²) in [6, 6.07) is 1.91. The Bertz CT molecular complexity index is 349. The van der Waals surface area contributed by atoms with E-state index in [0.29, 0.717) is 0 Å². The highest BCUT2D eigenvalue weighted by Crippen LogP contribution is 2.28. The van der Waals surface area contributed by atoms with Gasteiger partial charge < -0.3 is 10.0 Å². The summed E-state index contributed by atoms with van der Waals surface area (Å²) in [7, 11) is 0. The van der Waals surface area contributed by atoms with Crippen LogP contribution in [0.2, 0.25) is 0 Å². The first-order chi connectivity index (χ1) is 7.11. The van der Waals surface area contributed by atoms with Gasteiger partial charge in [-0.3, -0.25) is 4.79 Å². The number of thiophene rings is 1. The molecule has 0 aromatic carbocycles.